The Morgan fingerprint density at radius 1 is 1.05 bits per heavy atom. The van der Waals surface area contributed by atoms with E-state index < -0.39 is 11.5 Å². The Balaban J connectivity index is 1.36. The molecule has 7 rings (SSSR count). The van der Waals surface area contributed by atoms with E-state index in [1.165, 1.54) is 0 Å². The monoisotopic (exact) mass is 526 g/mol. The van der Waals surface area contributed by atoms with Gasteiger partial charge >= 0.3 is 0 Å². The molecule has 0 radical (unpaired) electrons. The maximum Gasteiger partial charge on any atom is 0.242 e. The van der Waals surface area contributed by atoms with Crippen LogP contribution in [-0.2, 0) is 32.9 Å². The average Bonchev–Trinajstić information content (AvgIpc) is 3.71. The van der Waals surface area contributed by atoms with E-state index in [2.05, 4.69) is 10.3 Å². The molecule has 10 nitrogen and oxygen atoms in total. The first-order chi connectivity index (χ1) is 19.0. The van der Waals surface area contributed by atoms with Gasteiger partial charge in [-0.1, -0.05) is 35.5 Å². The second kappa shape index (κ2) is 9.21. The average molecular weight is 527 g/mol. The lowest BCUT2D eigenvalue weighted by Gasteiger charge is -2.35. The molecule has 2 aromatic carbocycles. The van der Waals surface area contributed by atoms with Crippen molar-refractivity contribution in [3.8, 4) is 5.75 Å². The second-order valence-corrected chi connectivity index (χ2v) is 10.8. The Hall–Kier alpha value is -4.21. The van der Waals surface area contributed by atoms with Gasteiger partial charge in [0.2, 0.25) is 17.7 Å². The maximum absolute atomic E-state index is 14.6. The molecule has 5 heterocycles. The highest BCUT2D eigenvalue weighted by molar-refractivity contribution is 6.09. The van der Waals surface area contributed by atoms with E-state index in [9.17, 15) is 14.4 Å². The second-order valence-electron chi connectivity index (χ2n) is 10.8. The zero-order valence-corrected chi connectivity index (χ0v) is 21.7. The molecule has 4 aliphatic heterocycles. The number of carbonyl (C=O) groups excluding carboxylic acids is 3. The summed E-state index contributed by atoms with van der Waals surface area (Å²) in [5, 5.41) is 8.60. The Morgan fingerprint density at radius 3 is 2.82 bits per heavy atom. The van der Waals surface area contributed by atoms with Crippen LogP contribution >= 0.6 is 0 Å². The molecule has 0 unspecified atom stereocenters. The molecule has 6 bridgehead atoms. The number of aromatic nitrogens is 3. The number of para-hydroxylation sites is 1. The van der Waals surface area contributed by atoms with E-state index in [1.54, 1.807) is 14.5 Å². The fourth-order valence-electron chi connectivity index (χ4n) is 6.77. The van der Waals surface area contributed by atoms with Gasteiger partial charge < -0.3 is 19.4 Å². The van der Waals surface area contributed by atoms with Crippen LogP contribution in [0.25, 0.3) is 0 Å². The summed E-state index contributed by atoms with van der Waals surface area (Å²) >= 11 is 0. The number of anilines is 1. The number of amides is 3. The van der Waals surface area contributed by atoms with Gasteiger partial charge in [0.25, 0.3) is 0 Å². The van der Waals surface area contributed by atoms with Crippen LogP contribution in [0.3, 0.4) is 0 Å². The molecule has 3 amide bonds. The highest BCUT2D eigenvalue weighted by atomic mass is 16.5. The standard InChI is InChI=1S/C29H30N6O4/c36-25-10-4-12-32(25)19-26(37)34-14-11-29-23-8-1-2-9-24(23)35(28(29)38)18-21-17-33(31-30-21)13-5-15-39-22-7-3-6-20(16-22)27(29)34/h1-3,6-9,16-17,27H,4-5,10-15,18-19H2/t27-,29+/m0/s1. The molecule has 0 aliphatic carbocycles. The largest absolute Gasteiger partial charge is 0.494 e. The summed E-state index contributed by atoms with van der Waals surface area (Å²) < 4.78 is 7.88. The first kappa shape index (κ1) is 23.9. The van der Waals surface area contributed by atoms with E-state index in [4.69, 9.17) is 4.74 Å². The third kappa shape index (κ3) is 3.80. The van der Waals surface area contributed by atoms with Crippen LogP contribution in [0.4, 0.5) is 5.69 Å². The topological polar surface area (TPSA) is 101 Å². The molecular formula is C29H30N6O4. The van der Waals surface area contributed by atoms with E-state index >= 15 is 0 Å². The number of hydrogen-bond acceptors (Lipinski definition) is 6. The minimum absolute atomic E-state index is 0.0104. The van der Waals surface area contributed by atoms with Crippen LogP contribution in [0.5, 0.6) is 5.75 Å². The number of nitrogens with zero attached hydrogens (tertiary/aromatic N) is 6. The van der Waals surface area contributed by atoms with Gasteiger partial charge in [-0.15, -0.1) is 5.10 Å². The van der Waals surface area contributed by atoms with Gasteiger partial charge in [-0.3, -0.25) is 19.1 Å². The number of hydrogen-bond donors (Lipinski definition) is 0. The third-order valence-corrected chi connectivity index (χ3v) is 8.53. The molecule has 200 valence electrons. The van der Waals surface area contributed by atoms with Gasteiger partial charge in [0.1, 0.15) is 16.9 Å². The van der Waals surface area contributed by atoms with Crippen molar-refractivity contribution in [3.63, 3.8) is 0 Å². The fraction of sp³-hybridized carbons (Fsp3) is 0.414. The Bertz CT molecular complexity index is 1470. The minimum atomic E-state index is -0.962. The SMILES string of the molecule is O=C1CCCN1CC(=O)N1CC[C@]23C(=O)N(Cc4cn(nn4)CCCOc4cccc(c4)[C@H]12)c1ccccc13. The lowest BCUT2D eigenvalue weighted by atomic mass is 9.72. The number of carbonyl (C=O) groups is 3. The van der Waals surface area contributed by atoms with Crippen molar-refractivity contribution in [2.75, 3.05) is 31.1 Å². The van der Waals surface area contributed by atoms with Crippen LogP contribution in [0.15, 0.2) is 54.7 Å². The smallest absolute Gasteiger partial charge is 0.242 e. The van der Waals surface area contributed by atoms with Crippen molar-refractivity contribution in [1.29, 1.82) is 0 Å². The quantitative estimate of drug-likeness (QED) is 0.509. The molecule has 4 aliphatic rings. The minimum Gasteiger partial charge on any atom is -0.494 e. The Labute approximate surface area is 226 Å². The van der Waals surface area contributed by atoms with Gasteiger partial charge in [0.05, 0.1) is 31.9 Å². The van der Waals surface area contributed by atoms with Gasteiger partial charge in [-0.05, 0) is 42.2 Å². The number of benzene rings is 2. The third-order valence-electron chi connectivity index (χ3n) is 8.53. The van der Waals surface area contributed by atoms with Crippen molar-refractivity contribution >= 4 is 23.4 Å². The molecule has 0 N–H and O–H groups in total. The Morgan fingerprint density at radius 2 is 1.95 bits per heavy atom. The first-order valence-electron chi connectivity index (χ1n) is 13.6. The van der Waals surface area contributed by atoms with Crippen LogP contribution in [0.2, 0.25) is 0 Å². The molecule has 10 heteroatoms. The number of aryl methyl sites for hydroxylation is 1. The summed E-state index contributed by atoms with van der Waals surface area (Å²) in [6, 6.07) is 15.1. The van der Waals surface area contributed by atoms with Gasteiger partial charge in [-0.2, -0.15) is 0 Å². The Kier molecular flexibility index (Phi) is 5.64. The van der Waals surface area contributed by atoms with Crippen LogP contribution in [-0.4, -0.2) is 68.8 Å². The molecule has 3 aromatic rings. The van der Waals surface area contributed by atoms with Crippen molar-refractivity contribution in [3.05, 3.63) is 71.5 Å². The van der Waals surface area contributed by atoms with Gasteiger partial charge in [-0.25, -0.2) is 0 Å². The van der Waals surface area contributed by atoms with Crippen molar-refractivity contribution in [2.45, 2.75) is 50.2 Å². The normalized spacial score (nSPS) is 24.2. The van der Waals surface area contributed by atoms with E-state index in [1.807, 2.05) is 59.6 Å². The van der Waals surface area contributed by atoms with Crippen LogP contribution < -0.4 is 9.64 Å². The molecular weight excluding hydrogens is 496 g/mol. The van der Waals surface area contributed by atoms with E-state index in [0.29, 0.717) is 57.1 Å². The zero-order chi connectivity index (χ0) is 26.6. The predicted octanol–water partition coefficient (Wildman–Crippen LogP) is 2.44. The molecule has 0 saturated carbocycles. The number of likely N-dealkylation sites (tertiary alicyclic amines) is 2. The zero-order valence-electron chi connectivity index (χ0n) is 21.7. The molecule has 1 aromatic heterocycles. The lowest BCUT2D eigenvalue weighted by molar-refractivity contribution is -0.140. The van der Waals surface area contributed by atoms with Gasteiger partial charge in [0.15, 0.2) is 0 Å². The molecule has 2 saturated heterocycles. The first-order valence-corrected chi connectivity index (χ1v) is 13.6. The van der Waals surface area contributed by atoms with E-state index in [-0.39, 0.29) is 24.3 Å². The van der Waals surface area contributed by atoms with Crippen LogP contribution in [0.1, 0.15) is 48.5 Å². The number of ether oxygens (including phenoxy) is 1. The summed E-state index contributed by atoms with van der Waals surface area (Å²) in [5.41, 5.74) is 2.36. The summed E-state index contributed by atoms with van der Waals surface area (Å²) in [7, 11) is 0. The van der Waals surface area contributed by atoms with Crippen molar-refractivity contribution in [2.24, 2.45) is 0 Å². The maximum atomic E-state index is 14.6. The number of rotatable bonds is 2. The molecule has 39 heavy (non-hydrogen) atoms. The summed E-state index contributed by atoms with van der Waals surface area (Å²) in [6.07, 6.45) is 4.37. The van der Waals surface area contributed by atoms with Crippen LogP contribution in [0, 0.1) is 0 Å². The van der Waals surface area contributed by atoms with Crippen molar-refractivity contribution in [1.82, 2.24) is 24.8 Å². The summed E-state index contributed by atoms with van der Waals surface area (Å²) in [6.45, 7) is 2.50. The number of fused-ring (bicyclic) bond motifs is 8. The highest BCUT2D eigenvalue weighted by Gasteiger charge is 2.61. The highest BCUT2D eigenvalue weighted by Crippen LogP contribution is 2.57. The van der Waals surface area contributed by atoms with Gasteiger partial charge in [0, 0.05) is 38.2 Å². The summed E-state index contributed by atoms with van der Waals surface area (Å²) in [4.78, 5) is 46.1. The lowest BCUT2D eigenvalue weighted by Crippen LogP contribution is -2.47. The van der Waals surface area contributed by atoms with Crippen molar-refractivity contribution < 1.29 is 19.1 Å². The fourth-order valence-corrected chi connectivity index (χ4v) is 6.77. The molecule has 2 atom stereocenters. The van der Waals surface area contributed by atoms with E-state index in [0.717, 1.165) is 29.7 Å². The molecule has 2 fully saturated rings. The predicted molar refractivity (Wildman–Crippen MR) is 141 cm³/mol. The molecule has 1 spiro atoms. The summed E-state index contributed by atoms with van der Waals surface area (Å²) in [5.74, 6) is 0.526.